The Morgan fingerprint density at radius 1 is 1.53 bits per heavy atom. The Hall–Kier alpha value is -1.84. The van der Waals surface area contributed by atoms with Crippen LogP contribution in [0.5, 0.6) is 0 Å². The van der Waals surface area contributed by atoms with Gasteiger partial charge in [0.2, 0.25) is 5.91 Å². The molecule has 1 aromatic heterocycles. The van der Waals surface area contributed by atoms with Crippen LogP contribution >= 0.6 is 0 Å². The Kier molecular flexibility index (Phi) is 3.42. The molecule has 2 rings (SSSR count). The van der Waals surface area contributed by atoms with E-state index >= 15 is 0 Å². The number of nitrogens with two attached hydrogens (primary N) is 1. The Balaban J connectivity index is 1.97. The monoisotopic (exact) mass is 231 g/mol. The average molecular weight is 231 g/mol. The van der Waals surface area contributed by atoms with Crippen LogP contribution in [0.2, 0.25) is 0 Å². The Labute approximate surface area is 101 Å². The first-order chi connectivity index (χ1) is 8.15. The van der Waals surface area contributed by atoms with Gasteiger partial charge in [0.05, 0.1) is 18.3 Å². The summed E-state index contributed by atoms with van der Waals surface area (Å²) in [6.07, 6.45) is 5.08. The maximum Gasteiger partial charge on any atom is 0.228 e. The van der Waals surface area contributed by atoms with Crippen molar-refractivity contribution >= 4 is 11.6 Å². The molecule has 1 aromatic rings. The number of hydrogen-bond donors (Lipinski definition) is 1. The Morgan fingerprint density at radius 3 is 3.00 bits per heavy atom. The fourth-order valence-corrected chi connectivity index (χ4v) is 1.93. The number of nitrogens with zero attached hydrogens (tertiary/aromatic N) is 2. The van der Waals surface area contributed by atoms with E-state index < -0.39 is 0 Å². The lowest BCUT2D eigenvalue weighted by molar-refractivity contribution is -0.130. The third-order valence-electron chi connectivity index (χ3n) is 2.86. The minimum Gasteiger partial charge on any atom is -0.397 e. The van der Waals surface area contributed by atoms with Gasteiger partial charge in [0, 0.05) is 18.8 Å². The highest BCUT2D eigenvalue weighted by Crippen LogP contribution is 2.11. The van der Waals surface area contributed by atoms with Crippen LogP contribution in [-0.2, 0) is 11.2 Å². The van der Waals surface area contributed by atoms with Crippen LogP contribution in [0, 0.1) is 0 Å². The van der Waals surface area contributed by atoms with Crippen molar-refractivity contribution in [2.75, 3.05) is 18.8 Å². The van der Waals surface area contributed by atoms with Crippen LogP contribution in [0.25, 0.3) is 0 Å². The molecule has 17 heavy (non-hydrogen) atoms. The zero-order valence-electron chi connectivity index (χ0n) is 10.0. The highest BCUT2D eigenvalue weighted by Gasteiger charge is 2.16. The van der Waals surface area contributed by atoms with Crippen molar-refractivity contribution < 1.29 is 4.79 Å². The van der Waals surface area contributed by atoms with E-state index in [-0.39, 0.29) is 5.91 Å². The number of carbonyl (C=O) groups excluding carboxylic acids is 1. The van der Waals surface area contributed by atoms with E-state index in [1.165, 1.54) is 5.57 Å². The molecule has 0 atom stereocenters. The van der Waals surface area contributed by atoms with Crippen LogP contribution in [0.1, 0.15) is 19.0 Å². The van der Waals surface area contributed by atoms with Crippen molar-refractivity contribution in [2.24, 2.45) is 0 Å². The second-order valence-electron chi connectivity index (χ2n) is 4.41. The zero-order valence-corrected chi connectivity index (χ0v) is 10.0. The highest BCUT2D eigenvalue weighted by atomic mass is 16.2. The molecule has 2 heterocycles. The molecule has 0 unspecified atom stereocenters. The first-order valence-electron chi connectivity index (χ1n) is 5.79. The minimum absolute atomic E-state index is 0.134. The van der Waals surface area contributed by atoms with Gasteiger partial charge >= 0.3 is 0 Å². The summed E-state index contributed by atoms with van der Waals surface area (Å²) in [4.78, 5) is 18.1. The lowest BCUT2D eigenvalue weighted by Crippen LogP contribution is -2.36. The highest BCUT2D eigenvalue weighted by molar-refractivity contribution is 5.78. The van der Waals surface area contributed by atoms with Gasteiger partial charge in [-0.2, -0.15) is 0 Å². The van der Waals surface area contributed by atoms with E-state index in [0.717, 1.165) is 25.2 Å². The van der Waals surface area contributed by atoms with E-state index in [0.29, 0.717) is 12.1 Å². The second-order valence-corrected chi connectivity index (χ2v) is 4.41. The third-order valence-corrected chi connectivity index (χ3v) is 2.86. The van der Waals surface area contributed by atoms with Gasteiger partial charge in [-0.15, -0.1) is 0 Å². The van der Waals surface area contributed by atoms with Crippen molar-refractivity contribution in [1.82, 2.24) is 9.88 Å². The summed E-state index contributed by atoms with van der Waals surface area (Å²) in [6, 6.07) is 3.58. The normalized spacial score (nSPS) is 15.6. The lowest BCUT2D eigenvalue weighted by atomic mass is 10.1. The first-order valence-corrected chi connectivity index (χ1v) is 5.79. The smallest absolute Gasteiger partial charge is 0.228 e. The van der Waals surface area contributed by atoms with E-state index in [9.17, 15) is 4.79 Å². The Morgan fingerprint density at radius 2 is 2.35 bits per heavy atom. The van der Waals surface area contributed by atoms with Crippen molar-refractivity contribution in [2.45, 2.75) is 19.8 Å². The number of amides is 1. The molecule has 2 N–H and O–H groups in total. The van der Waals surface area contributed by atoms with Gasteiger partial charge in [-0.3, -0.25) is 9.78 Å². The van der Waals surface area contributed by atoms with Crippen molar-refractivity contribution in [1.29, 1.82) is 0 Å². The molecule has 0 saturated carbocycles. The molecule has 90 valence electrons. The van der Waals surface area contributed by atoms with Gasteiger partial charge in [-0.1, -0.05) is 11.6 Å². The molecule has 1 aliphatic rings. The maximum atomic E-state index is 12.0. The fraction of sp³-hybridized carbons (Fsp3) is 0.385. The van der Waals surface area contributed by atoms with Crippen molar-refractivity contribution in [3.8, 4) is 0 Å². The molecule has 0 aromatic carbocycles. The molecule has 0 bridgehead atoms. The standard InChI is InChI=1S/C13H17N3O/c1-10-3-2-6-16(9-10)13(17)7-12-5-4-11(14)8-15-12/h3-5,8H,2,6-7,9,14H2,1H3. The summed E-state index contributed by atoms with van der Waals surface area (Å²) in [5, 5.41) is 0. The van der Waals surface area contributed by atoms with Crippen molar-refractivity contribution in [3.63, 3.8) is 0 Å². The summed E-state index contributed by atoms with van der Waals surface area (Å²) in [5.41, 5.74) is 8.21. The largest absolute Gasteiger partial charge is 0.397 e. The molecule has 0 radical (unpaired) electrons. The molecule has 1 aliphatic heterocycles. The summed E-state index contributed by atoms with van der Waals surface area (Å²) in [5.74, 6) is 0.134. The number of carbonyl (C=O) groups is 1. The van der Waals surface area contributed by atoms with Crippen LogP contribution < -0.4 is 5.73 Å². The topological polar surface area (TPSA) is 59.2 Å². The summed E-state index contributed by atoms with van der Waals surface area (Å²) >= 11 is 0. The summed E-state index contributed by atoms with van der Waals surface area (Å²) < 4.78 is 0. The third kappa shape index (κ3) is 3.06. The number of anilines is 1. The van der Waals surface area contributed by atoms with Crippen LogP contribution in [0.4, 0.5) is 5.69 Å². The predicted molar refractivity (Wildman–Crippen MR) is 67.3 cm³/mol. The van der Waals surface area contributed by atoms with Crippen LogP contribution in [-0.4, -0.2) is 28.9 Å². The molecular formula is C13H17N3O. The molecule has 0 aliphatic carbocycles. The number of rotatable bonds is 2. The number of hydrogen-bond acceptors (Lipinski definition) is 3. The van der Waals surface area contributed by atoms with Gasteiger partial charge in [-0.25, -0.2) is 0 Å². The summed E-state index contributed by atoms with van der Waals surface area (Å²) in [7, 11) is 0. The van der Waals surface area contributed by atoms with Crippen molar-refractivity contribution in [3.05, 3.63) is 35.7 Å². The van der Waals surface area contributed by atoms with Gasteiger partial charge in [0.1, 0.15) is 0 Å². The number of aromatic nitrogens is 1. The molecular weight excluding hydrogens is 214 g/mol. The fourth-order valence-electron chi connectivity index (χ4n) is 1.93. The van der Waals surface area contributed by atoms with Crippen LogP contribution in [0.15, 0.2) is 30.0 Å². The van der Waals surface area contributed by atoms with Gasteiger partial charge in [0.15, 0.2) is 0 Å². The second kappa shape index (κ2) is 4.99. The van der Waals surface area contributed by atoms with Gasteiger partial charge in [0.25, 0.3) is 0 Å². The predicted octanol–water partition coefficient (Wildman–Crippen LogP) is 1.38. The summed E-state index contributed by atoms with van der Waals surface area (Å²) in [6.45, 7) is 3.61. The SMILES string of the molecule is CC1=CCCN(C(=O)Cc2ccc(N)cn2)C1. The molecule has 4 nitrogen and oxygen atoms in total. The number of pyridine rings is 1. The number of nitrogen functional groups attached to an aromatic ring is 1. The Bertz CT molecular complexity index is 436. The van der Waals surface area contributed by atoms with E-state index in [4.69, 9.17) is 5.73 Å². The maximum absolute atomic E-state index is 12.0. The van der Waals surface area contributed by atoms with Gasteiger partial charge < -0.3 is 10.6 Å². The zero-order chi connectivity index (χ0) is 12.3. The first kappa shape index (κ1) is 11.6. The van der Waals surface area contributed by atoms with E-state index in [1.54, 1.807) is 18.3 Å². The van der Waals surface area contributed by atoms with E-state index in [2.05, 4.69) is 18.0 Å². The lowest BCUT2D eigenvalue weighted by Gasteiger charge is -2.26. The van der Waals surface area contributed by atoms with Crippen LogP contribution in [0.3, 0.4) is 0 Å². The minimum atomic E-state index is 0.134. The molecule has 1 amide bonds. The quantitative estimate of drug-likeness (QED) is 0.782. The molecule has 0 fully saturated rings. The molecule has 0 saturated heterocycles. The van der Waals surface area contributed by atoms with E-state index in [1.807, 2.05) is 4.90 Å². The average Bonchev–Trinajstić information content (AvgIpc) is 2.32. The molecule has 0 spiro atoms. The molecule has 4 heteroatoms. The van der Waals surface area contributed by atoms with Gasteiger partial charge in [-0.05, 0) is 25.5 Å².